The highest BCUT2D eigenvalue weighted by atomic mass is 28.3. The largest absolute Gasteiger partial charge is 0.455 e. The van der Waals surface area contributed by atoms with Crippen molar-refractivity contribution < 1.29 is 13.6 Å². The summed E-state index contributed by atoms with van der Waals surface area (Å²) < 4.78 is 14.2. The van der Waals surface area contributed by atoms with Crippen molar-refractivity contribution in [2.24, 2.45) is 5.92 Å². The minimum absolute atomic E-state index is 0.162. The monoisotopic (exact) mass is 735 g/mol. The highest BCUT2D eigenvalue weighted by Gasteiger charge is 2.39. The molecule has 4 nitrogen and oxygen atoms in total. The molecule has 272 valence electrons. The van der Waals surface area contributed by atoms with Crippen LogP contribution in [0.3, 0.4) is 0 Å². The Labute approximate surface area is 325 Å². The summed E-state index contributed by atoms with van der Waals surface area (Å²) in [6.45, 7) is 21.6. The summed E-state index contributed by atoms with van der Waals surface area (Å²) in [6, 6.07) is 46.2. The van der Waals surface area contributed by atoms with E-state index in [1.54, 1.807) is 0 Å². The number of hydrogen-bond acceptors (Lipinski definition) is 1. The maximum Gasteiger partial charge on any atom is 0.304 e. The van der Waals surface area contributed by atoms with Crippen LogP contribution in [0.5, 0.6) is 0 Å². The zero-order chi connectivity index (χ0) is 38.0. The summed E-state index contributed by atoms with van der Waals surface area (Å²) in [4.78, 5) is 0. The van der Waals surface area contributed by atoms with Crippen molar-refractivity contribution in [1.29, 1.82) is 0 Å². The predicted octanol–water partition coefficient (Wildman–Crippen LogP) is 12.6. The molecule has 3 heterocycles. The van der Waals surface area contributed by atoms with Crippen molar-refractivity contribution in [2.45, 2.75) is 58.8 Å². The molecule has 0 spiro atoms. The first-order valence-electron chi connectivity index (χ1n) is 19.6. The van der Waals surface area contributed by atoms with Gasteiger partial charge in [0.1, 0.15) is 29.2 Å². The van der Waals surface area contributed by atoms with Gasteiger partial charge in [-0.25, -0.2) is 4.58 Å². The lowest BCUT2D eigenvalue weighted by molar-refractivity contribution is -0.553. The van der Waals surface area contributed by atoms with E-state index in [1.165, 1.54) is 32.7 Å². The maximum atomic E-state index is 6.98. The van der Waals surface area contributed by atoms with Crippen molar-refractivity contribution in [3.8, 4) is 28.2 Å². The Morgan fingerprint density at radius 2 is 1.53 bits per heavy atom. The summed E-state index contributed by atoms with van der Waals surface area (Å²) in [5.41, 5.74) is 11.0. The topological polar surface area (TPSA) is 25.0 Å². The molecule has 1 aliphatic rings. The molecule has 5 heteroatoms. The van der Waals surface area contributed by atoms with Gasteiger partial charge in [0.15, 0.2) is 28.9 Å². The average molecular weight is 736 g/mol. The zero-order valence-corrected chi connectivity index (χ0v) is 33.6. The van der Waals surface area contributed by atoms with Crippen LogP contribution in [0.1, 0.15) is 32.3 Å². The van der Waals surface area contributed by atoms with Crippen LogP contribution >= 0.6 is 0 Å². The SMILES string of the molecule is C=C1CC([N+](=C)/C=C(\C)[Si](C)(C)C)C(C)CCc2ccc3c(oc4ccccc43)c2-c2n(-c3c(-c4ccccc4)ccc4ccccc34)c3ccccc3[n+]21. The minimum Gasteiger partial charge on any atom is -0.455 e. The minimum atomic E-state index is -1.50. The van der Waals surface area contributed by atoms with E-state index < -0.39 is 8.07 Å². The Hall–Kier alpha value is -5.78. The van der Waals surface area contributed by atoms with Crippen LogP contribution in [-0.2, 0) is 6.42 Å². The molecule has 0 aliphatic carbocycles. The summed E-state index contributed by atoms with van der Waals surface area (Å²) in [5, 5.41) is 6.09. The predicted molar refractivity (Wildman–Crippen MR) is 235 cm³/mol. The second kappa shape index (κ2) is 13.5. The van der Waals surface area contributed by atoms with Crippen LogP contribution in [0.15, 0.2) is 150 Å². The molecule has 0 bridgehead atoms. The van der Waals surface area contributed by atoms with E-state index in [0.717, 1.165) is 75.0 Å². The molecule has 9 rings (SSSR count). The quantitative estimate of drug-likeness (QED) is 0.0981. The summed E-state index contributed by atoms with van der Waals surface area (Å²) in [7, 11) is -1.50. The van der Waals surface area contributed by atoms with Gasteiger partial charge in [0.25, 0.3) is 0 Å². The number of fused-ring (bicyclic) bond motifs is 10. The Kier molecular flexibility index (Phi) is 8.58. The maximum absolute atomic E-state index is 6.98. The van der Waals surface area contributed by atoms with Crippen molar-refractivity contribution in [1.82, 2.24) is 4.57 Å². The molecule has 0 amide bonds. The van der Waals surface area contributed by atoms with E-state index in [4.69, 9.17) is 17.7 Å². The van der Waals surface area contributed by atoms with Crippen LogP contribution < -0.4 is 4.57 Å². The third kappa shape index (κ3) is 5.89. The molecule has 2 unspecified atom stereocenters. The second-order valence-corrected chi connectivity index (χ2v) is 21.8. The molecule has 2 atom stereocenters. The summed E-state index contributed by atoms with van der Waals surface area (Å²) in [5.74, 6) is 1.43. The molecule has 55 heavy (non-hydrogen) atoms. The van der Waals surface area contributed by atoms with Crippen LogP contribution in [0.2, 0.25) is 19.6 Å². The van der Waals surface area contributed by atoms with Gasteiger partial charge >= 0.3 is 5.82 Å². The summed E-state index contributed by atoms with van der Waals surface area (Å²) in [6.07, 6.45) is 5.00. The lowest BCUT2D eigenvalue weighted by Crippen LogP contribution is -2.40. The molecule has 0 radical (unpaired) electrons. The first kappa shape index (κ1) is 35.0. The Morgan fingerprint density at radius 3 is 2.33 bits per heavy atom. The standard InChI is InChI=1S/C50H49N3OSi/c1-33-25-26-38-28-30-42-41-21-13-16-24-46(41)54-49(42)47(38)50-52(34(2)31-45(33)51(4)32-35(3)55(5,6)7)43-22-14-15-23-44(43)53(50)48-39-20-12-11-19-37(39)27-29-40(48)36-17-9-8-10-18-36/h8-24,27-30,32-33,45H,2,4,25-26,31H2,1,3,5-7H3/q+2/b35-32+. The van der Waals surface area contributed by atoms with E-state index >= 15 is 0 Å². The fourth-order valence-corrected chi connectivity index (χ4v) is 9.22. The third-order valence-electron chi connectivity index (χ3n) is 12.1. The fourth-order valence-electron chi connectivity index (χ4n) is 8.66. The van der Waals surface area contributed by atoms with E-state index in [0.29, 0.717) is 5.92 Å². The number of aromatic nitrogens is 2. The van der Waals surface area contributed by atoms with Gasteiger partial charge in [-0.15, -0.1) is 0 Å². The van der Waals surface area contributed by atoms with Crippen LogP contribution in [-0.4, -0.2) is 30.0 Å². The Balaban J connectivity index is 1.43. The number of aryl methyl sites for hydroxylation is 1. The summed E-state index contributed by atoms with van der Waals surface area (Å²) >= 11 is 0. The number of imidazole rings is 1. The van der Waals surface area contributed by atoms with E-state index in [1.807, 2.05) is 0 Å². The van der Waals surface area contributed by atoms with Crippen LogP contribution in [0.25, 0.3) is 77.6 Å². The van der Waals surface area contributed by atoms with Crippen LogP contribution in [0.4, 0.5) is 0 Å². The average Bonchev–Trinajstić information content (AvgIpc) is 3.74. The molecule has 0 saturated heterocycles. The number of benzene rings is 6. The zero-order valence-electron chi connectivity index (χ0n) is 32.6. The Bertz CT molecular complexity index is 2850. The number of furan rings is 1. The first-order valence-corrected chi connectivity index (χ1v) is 23.1. The molecule has 0 saturated carbocycles. The lowest BCUT2D eigenvalue weighted by Gasteiger charge is -2.24. The van der Waals surface area contributed by atoms with Crippen molar-refractivity contribution >= 4 is 64.2 Å². The van der Waals surface area contributed by atoms with Gasteiger partial charge in [-0.2, -0.15) is 9.13 Å². The van der Waals surface area contributed by atoms with Gasteiger partial charge in [0.2, 0.25) is 0 Å². The first-order chi connectivity index (χ1) is 26.6. The van der Waals surface area contributed by atoms with Crippen molar-refractivity contribution in [3.05, 3.63) is 151 Å². The Morgan fingerprint density at radius 1 is 0.818 bits per heavy atom. The number of nitrogens with zero attached hydrogens (tertiary/aromatic N) is 3. The normalized spacial score (nSPS) is 16.8. The van der Waals surface area contributed by atoms with E-state index in [-0.39, 0.29) is 6.04 Å². The number of para-hydroxylation sites is 3. The molecular formula is C50H49N3OSi+2. The smallest absolute Gasteiger partial charge is 0.304 e. The van der Waals surface area contributed by atoms with Gasteiger partial charge in [0, 0.05) is 27.6 Å². The van der Waals surface area contributed by atoms with Crippen LogP contribution in [0, 0.1) is 5.92 Å². The molecule has 0 N–H and O–H groups in total. The van der Waals surface area contributed by atoms with Gasteiger partial charge in [-0.05, 0) is 65.7 Å². The fraction of sp³-hybridized carbons (Fsp3) is 0.200. The molecule has 2 aromatic heterocycles. The van der Waals surface area contributed by atoms with Crippen molar-refractivity contribution in [3.63, 3.8) is 0 Å². The van der Waals surface area contributed by atoms with E-state index in [9.17, 15) is 0 Å². The van der Waals surface area contributed by atoms with Gasteiger partial charge < -0.3 is 4.42 Å². The molecular weight excluding hydrogens is 687 g/mol. The highest BCUT2D eigenvalue weighted by Crippen LogP contribution is 2.44. The molecule has 0 fully saturated rings. The third-order valence-corrected chi connectivity index (χ3v) is 14.6. The second-order valence-electron chi connectivity index (χ2n) is 16.5. The lowest BCUT2D eigenvalue weighted by atomic mass is 9.88. The highest BCUT2D eigenvalue weighted by molar-refractivity contribution is 6.82. The van der Waals surface area contributed by atoms with E-state index in [2.05, 4.69) is 181 Å². The molecule has 1 aliphatic heterocycles. The number of hydrogen-bond donors (Lipinski definition) is 0. The number of rotatable bonds is 5. The van der Waals surface area contributed by atoms with Gasteiger partial charge in [-0.1, -0.05) is 136 Å². The number of allylic oxidation sites excluding steroid dienone is 1. The van der Waals surface area contributed by atoms with Crippen molar-refractivity contribution in [2.75, 3.05) is 0 Å². The molecule has 8 aromatic rings. The molecule has 6 aromatic carbocycles. The van der Waals surface area contributed by atoms with Gasteiger partial charge in [0.05, 0.1) is 14.5 Å². The van der Waals surface area contributed by atoms with Gasteiger partial charge in [-0.3, -0.25) is 0 Å².